The Labute approximate surface area is 128 Å². The van der Waals surface area contributed by atoms with Crippen LogP contribution in [0.3, 0.4) is 0 Å². The minimum absolute atomic E-state index is 0.0366. The lowest BCUT2D eigenvalue weighted by atomic mass is 10.1. The van der Waals surface area contributed by atoms with Gasteiger partial charge in [-0.05, 0) is 32.0 Å². The topological polar surface area (TPSA) is 46.6 Å². The Balaban J connectivity index is 1.83. The van der Waals surface area contributed by atoms with Gasteiger partial charge in [-0.1, -0.05) is 43.9 Å². The van der Waals surface area contributed by atoms with Crippen molar-refractivity contribution in [3.63, 3.8) is 0 Å². The third kappa shape index (κ3) is 5.67. The summed E-state index contributed by atoms with van der Waals surface area (Å²) >= 11 is 0. The van der Waals surface area contributed by atoms with E-state index in [4.69, 9.17) is 4.18 Å². The normalized spacial score (nSPS) is 17.6. The van der Waals surface area contributed by atoms with E-state index >= 15 is 0 Å². The van der Waals surface area contributed by atoms with Gasteiger partial charge in [0.1, 0.15) is 5.75 Å². The molecule has 1 aliphatic rings. The highest BCUT2D eigenvalue weighted by Gasteiger charge is 2.20. The third-order valence-electron chi connectivity index (χ3n) is 4.11. The van der Waals surface area contributed by atoms with Gasteiger partial charge in [0.2, 0.25) is 0 Å². The van der Waals surface area contributed by atoms with Crippen LogP contribution in [0.1, 0.15) is 38.5 Å². The fraction of sp³-hybridized carbons (Fsp3) is 0.625. The molecule has 0 amide bonds. The summed E-state index contributed by atoms with van der Waals surface area (Å²) in [4.78, 5) is 2.18. The van der Waals surface area contributed by atoms with Crippen molar-refractivity contribution in [1.82, 2.24) is 4.90 Å². The predicted molar refractivity (Wildman–Crippen MR) is 85.0 cm³/mol. The van der Waals surface area contributed by atoms with Gasteiger partial charge in [-0.15, -0.1) is 0 Å². The smallest absolute Gasteiger partial charge is 0.310 e. The molecule has 1 fully saturated rings. The second kappa shape index (κ2) is 7.80. The van der Waals surface area contributed by atoms with Crippen LogP contribution in [0.2, 0.25) is 0 Å². The summed E-state index contributed by atoms with van der Waals surface area (Å²) in [6.07, 6.45) is 7.47. The van der Waals surface area contributed by atoms with Crippen LogP contribution in [-0.4, -0.2) is 38.7 Å². The summed E-state index contributed by atoms with van der Waals surface area (Å²) in [5.41, 5.74) is 0. The first-order valence-corrected chi connectivity index (χ1v) is 9.32. The highest BCUT2D eigenvalue weighted by molar-refractivity contribution is 7.87. The van der Waals surface area contributed by atoms with Crippen LogP contribution >= 0.6 is 0 Å². The molecular weight excluding hydrogens is 286 g/mol. The zero-order valence-corrected chi connectivity index (χ0v) is 13.5. The quantitative estimate of drug-likeness (QED) is 0.598. The summed E-state index contributed by atoms with van der Waals surface area (Å²) in [6.45, 7) is 0.528. The van der Waals surface area contributed by atoms with Gasteiger partial charge in [-0.25, -0.2) is 0 Å². The molecule has 4 nitrogen and oxygen atoms in total. The van der Waals surface area contributed by atoms with Crippen molar-refractivity contribution in [2.45, 2.75) is 44.6 Å². The first-order valence-electron chi connectivity index (χ1n) is 7.74. The van der Waals surface area contributed by atoms with Gasteiger partial charge in [0.05, 0.1) is 5.75 Å². The maximum absolute atomic E-state index is 12.0. The molecule has 0 heterocycles. The average molecular weight is 311 g/mol. The molecule has 0 saturated heterocycles. The van der Waals surface area contributed by atoms with Crippen LogP contribution in [0.5, 0.6) is 5.75 Å². The van der Waals surface area contributed by atoms with E-state index < -0.39 is 10.1 Å². The fourth-order valence-corrected chi connectivity index (χ4v) is 3.80. The Hall–Kier alpha value is -1.07. The van der Waals surface area contributed by atoms with Gasteiger partial charge < -0.3 is 9.08 Å². The Kier molecular flexibility index (Phi) is 6.06. The number of nitrogens with zero attached hydrogens (tertiary/aromatic N) is 1. The van der Waals surface area contributed by atoms with Crippen molar-refractivity contribution in [2.75, 3.05) is 19.3 Å². The summed E-state index contributed by atoms with van der Waals surface area (Å²) < 4.78 is 29.1. The fourth-order valence-electron chi connectivity index (χ4n) is 2.80. The lowest BCUT2D eigenvalue weighted by Crippen LogP contribution is -2.35. The van der Waals surface area contributed by atoms with Crippen molar-refractivity contribution in [2.24, 2.45) is 0 Å². The van der Waals surface area contributed by atoms with Gasteiger partial charge >= 0.3 is 10.1 Å². The van der Waals surface area contributed by atoms with E-state index in [2.05, 4.69) is 4.90 Å². The lowest BCUT2D eigenvalue weighted by Gasteiger charge is -2.26. The summed E-state index contributed by atoms with van der Waals surface area (Å²) in [6, 6.07) is 9.20. The third-order valence-corrected chi connectivity index (χ3v) is 5.24. The van der Waals surface area contributed by atoms with Crippen molar-refractivity contribution in [3.05, 3.63) is 30.3 Å². The van der Waals surface area contributed by atoms with Crippen LogP contribution < -0.4 is 4.18 Å². The van der Waals surface area contributed by atoms with E-state index in [0.29, 0.717) is 18.3 Å². The molecule has 0 atom stereocenters. The molecule has 0 radical (unpaired) electrons. The van der Waals surface area contributed by atoms with Crippen molar-refractivity contribution >= 4 is 10.1 Å². The van der Waals surface area contributed by atoms with E-state index in [1.807, 2.05) is 13.1 Å². The number of rotatable bonds is 6. The molecule has 1 aromatic rings. The van der Waals surface area contributed by atoms with E-state index in [-0.39, 0.29) is 5.75 Å². The van der Waals surface area contributed by atoms with E-state index in [0.717, 1.165) is 0 Å². The lowest BCUT2D eigenvalue weighted by molar-refractivity contribution is 0.231. The minimum Gasteiger partial charge on any atom is -0.382 e. The molecule has 21 heavy (non-hydrogen) atoms. The minimum atomic E-state index is -3.52. The summed E-state index contributed by atoms with van der Waals surface area (Å²) in [7, 11) is -1.50. The van der Waals surface area contributed by atoms with E-state index in [1.54, 1.807) is 24.3 Å². The van der Waals surface area contributed by atoms with Crippen LogP contribution in [0.25, 0.3) is 0 Å². The maximum atomic E-state index is 12.0. The molecule has 118 valence electrons. The van der Waals surface area contributed by atoms with Crippen molar-refractivity contribution < 1.29 is 12.6 Å². The highest BCUT2D eigenvalue weighted by Crippen LogP contribution is 2.21. The second-order valence-electron chi connectivity index (χ2n) is 5.78. The van der Waals surface area contributed by atoms with Crippen molar-refractivity contribution in [3.8, 4) is 5.75 Å². The first kappa shape index (κ1) is 16.3. The zero-order chi connectivity index (χ0) is 15.1. The molecule has 1 aliphatic carbocycles. The molecule has 0 aliphatic heterocycles. The van der Waals surface area contributed by atoms with Gasteiger partial charge in [-0.3, -0.25) is 0 Å². The number of hydrogen-bond acceptors (Lipinski definition) is 4. The van der Waals surface area contributed by atoms with Crippen LogP contribution in [0.15, 0.2) is 30.3 Å². The largest absolute Gasteiger partial charge is 0.382 e. The molecule has 0 spiro atoms. The molecule has 0 N–H and O–H groups in total. The monoisotopic (exact) mass is 311 g/mol. The zero-order valence-electron chi connectivity index (χ0n) is 12.7. The van der Waals surface area contributed by atoms with Crippen LogP contribution in [-0.2, 0) is 10.1 Å². The maximum Gasteiger partial charge on any atom is 0.310 e. The molecule has 2 rings (SSSR count). The number of para-hydroxylation sites is 1. The van der Waals surface area contributed by atoms with Gasteiger partial charge in [0.25, 0.3) is 0 Å². The molecule has 0 bridgehead atoms. The number of hydrogen-bond donors (Lipinski definition) is 0. The summed E-state index contributed by atoms with van der Waals surface area (Å²) in [5, 5.41) is 0. The molecule has 1 aromatic carbocycles. The average Bonchev–Trinajstić information content (AvgIpc) is 2.74. The first-order chi connectivity index (χ1) is 10.1. The molecular formula is C16H25NO3S. The van der Waals surface area contributed by atoms with E-state index in [9.17, 15) is 8.42 Å². The van der Waals surface area contributed by atoms with Gasteiger partial charge in [0.15, 0.2) is 0 Å². The Bertz CT molecular complexity index is 508. The molecule has 5 heteroatoms. The van der Waals surface area contributed by atoms with Crippen LogP contribution in [0, 0.1) is 0 Å². The summed E-state index contributed by atoms with van der Waals surface area (Å²) in [5.74, 6) is 0.421. The molecule has 0 aromatic heterocycles. The van der Waals surface area contributed by atoms with Gasteiger partial charge in [-0.2, -0.15) is 8.42 Å². The highest BCUT2D eigenvalue weighted by atomic mass is 32.2. The number of benzene rings is 1. The van der Waals surface area contributed by atoms with E-state index in [1.165, 1.54) is 38.5 Å². The van der Waals surface area contributed by atoms with Crippen molar-refractivity contribution in [1.29, 1.82) is 0 Å². The standard InChI is InChI=1S/C16H25NO3S/c1-17(15-9-5-2-3-6-10-15)13-14-21(18,19)20-16-11-7-4-8-12-16/h4,7-8,11-12,15H,2-3,5-6,9-10,13-14H2,1H3. The Morgan fingerprint density at radius 2 is 1.71 bits per heavy atom. The second-order valence-corrected chi connectivity index (χ2v) is 7.47. The molecule has 1 saturated carbocycles. The molecule has 0 unspecified atom stereocenters. The van der Waals surface area contributed by atoms with Gasteiger partial charge in [0, 0.05) is 12.6 Å². The predicted octanol–water partition coefficient (Wildman–Crippen LogP) is 3.05. The Morgan fingerprint density at radius 3 is 2.33 bits per heavy atom. The Morgan fingerprint density at radius 1 is 1.10 bits per heavy atom. The van der Waals surface area contributed by atoms with Crippen LogP contribution in [0.4, 0.5) is 0 Å². The SMILES string of the molecule is CN(CCS(=O)(=O)Oc1ccccc1)C1CCCCCC1.